The zero-order chi connectivity index (χ0) is 20.7. The van der Waals surface area contributed by atoms with Crippen LogP contribution < -0.4 is 5.32 Å². The molecule has 9 nitrogen and oxygen atoms in total. The summed E-state index contributed by atoms with van der Waals surface area (Å²) < 4.78 is 14.1. The lowest BCUT2D eigenvalue weighted by Gasteiger charge is -2.10. The van der Waals surface area contributed by atoms with Crippen molar-refractivity contribution in [2.75, 3.05) is 26.1 Å². The van der Waals surface area contributed by atoms with Gasteiger partial charge in [-0.05, 0) is 42.5 Å². The first-order valence-corrected chi connectivity index (χ1v) is 7.91. The predicted molar refractivity (Wildman–Crippen MR) is 96.1 cm³/mol. The molecule has 2 rings (SSSR count). The summed E-state index contributed by atoms with van der Waals surface area (Å²) in [6.45, 7) is -0.601. The number of benzene rings is 2. The fourth-order valence-corrected chi connectivity index (χ4v) is 2.18. The van der Waals surface area contributed by atoms with Gasteiger partial charge in [-0.15, -0.1) is 0 Å². The molecule has 0 atom stereocenters. The minimum absolute atomic E-state index is 0.0128. The van der Waals surface area contributed by atoms with E-state index in [0.717, 1.165) is 0 Å². The second kappa shape index (κ2) is 9.17. The molecular weight excluding hydrogens is 370 g/mol. The van der Waals surface area contributed by atoms with Gasteiger partial charge in [0, 0.05) is 5.69 Å². The summed E-state index contributed by atoms with van der Waals surface area (Å²) in [6.07, 6.45) is 0. The van der Waals surface area contributed by atoms with E-state index in [-0.39, 0.29) is 28.1 Å². The number of amides is 1. The van der Waals surface area contributed by atoms with E-state index in [4.69, 9.17) is 4.74 Å². The largest absolute Gasteiger partial charge is 0.508 e. The van der Waals surface area contributed by atoms with Crippen LogP contribution in [0.3, 0.4) is 0 Å². The van der Waals surface area contributed by atoms with E-state index < -0.39 is 30.4 Å². The zero-order valence-electron chi connectivity index (χ0n) is 15.1. The maximum absolute atomic E-state index is 12.0. The number of esters is 3. The molecule has 0 aliphatic heterocycles. The zero-order valence-corrected chi connectivity index (χ0v) is 15.1. The molecule has 0 unspecified atom stereocenters. The van der Waals surface area contributed by atoms with E-state index in [1.54, 1.807) is 0 Å². The molecule has 28 heavy (non-hydrogen) atoms. The van der Waals surface area contributed by atoms with Crippen LogP contribution in [0.1, 0.15) is 31.1 Å². The highest BCUT2D eigenvalue weighted by molar-refractivity contribution is 6.00. The molecule has 0 aromatic heterocycles. The van der Waals surface area contributed by atoms with Gasteiger partial charge in [0.1, 0.15) is 5.75 Å². The first-order valence-electron chi connectivity index (χ1n) is 7.91. The van der Waals surface area contributed by atoms with Gasteiger partial charge in [-0.25, -0.2) is 14.4 Å². The van der Waals surface area contributed by atoms with E-state index in [9.17, 15) is 24.3 Å². The first-order chi connectivity index (χ1) is 13.3. The van der Waals surface area contributed by atoms with E-state index in [1.165, 1.54) is 56.7 Å². The molecule has 0 saturated carbocycles. The van der Waals surface area contributed by atoms with Crippen LogP contribution in [0.5, 0.6) is 5.75 Å². The van der Waals surface area contributed by atoms with Crippen molar-refractivity contribution in [1.29, 1.82) is 0 Å². The molecule has 0 aliphatic carbocycles. The minimum atomic E-state index is -0.756. The summed E-state index contributed by atoms with van der Waals surface area (Å²) in [6, 6.07) is 9.18. The molecule has 0 aliphatic rings. The third-order valence-corrected chi connectivity index (χ3v) is 3.50. The average Bonchev–Trinajstić information content (AvgIpc) is 2.70. The van der Waals surface area contributed by atoms with Crippen molar-refractivity contribution < 1.29 is 38.5 Å². The van der Waals surface area contributed by atoms with Crippen LogP contribution in [0.15, 0.2) is 42.5 Å². The second-order valence-electron chi connectivity index (χ2n) is 5.45. The summed E-state index contributed by atoms with van der Waals surface area (Å²) in [5, 5.41) is 11.6. The van der Waals surface area contributed by atoms with Gasteiger partial charge in [0.25, 0.3) is 5.91 Å². The van der Waals surface area contributed by atoms with Crippen molar-refractivity contribution in [3.63, 3.8) is 0 Å². The van der Waals surface area contributed by atoms with Crippen LogP contribution in [0.2, 0.25) is 0 Å². The molecule has 0 bridgehead atoms. The van der Waals surface area contributed by atoms with E-state index in [1.807, 2.05) is 0 Å². The van der Waals surface area contributed by atoms with E-state index >= 15 is 0 Å². The quantitative estimate of drug-likeness (QED) is 0.567. The highest BCUT2D eigenvalue weighted by Gasteiger charge is 2.16. The predicted octanol–water partition coefficient (Wildman–Crippen LogP) is 1.76. The highest BCUT2D eigenvalue weighted by Crippen LogP contribution is 2.17. The van der Waals surface area contributed by atoms with Crippen molar-refractivity contribution >= 4 is 29.5 Å². The molecule has 0 fully saturated rings. The number of phenols is 1. The third-order valence-electron chi connectivity index (χ3n) is 3.50. The van der Waals surface area contributed by atoms with Crippen LogP contribution in [0.4, 0.5) is 5.69 Å². The molecule has 2 N–H and O–H groups in total. The Labute approximate surface area is 159 Å². The van der Waals surface area contributed by atoms with Gasteiger partial charge in [-0.3, -0.25) is 4.79 Å². The SMILES string of the molecule is COC(=O)c1cc(NC(=O)COC(=O)c2ccc(O)cc2)cc(C(=O)OC)c1. The smallest absolute Gasteiger partial charge is 0.338 e. The van der Waals surface area contributed by atoms with Gasteiger partial charge in [0.05, 0.1) is 30.9 Å². The molecule has 0 radical (unpaired) electrons. The molecule has 0 saturated heterocycles. The third kappa shape index (κ3) is 5.31. The van der Waals surface area contributed by atoms with Crippen LogP contribution in [-0.4, -0.2) is 49.7 Å². The van der Waals surface area contributed by atoms with Gasteiger partial charge in [-0.2, -0.15) is 0 Å². The van der Waals surface area contributed by atoms with Crippen molar-refractivity contribution in [1.82, 2.24) is 0 Å². The Balaban J connectivity index is 2.07. The van der Waals surface area contributed by atoms with Gasteiger partial charge in [0.15, 0.2) is 6.61 Å². The van der Waals surface area contributed by atoms with Crippen LogP contribution in [-0.2, 0) is 19.0 Å². The van der Waals surface area contributed by atoms with Crippen LogP contribution >= 0.6 is 0 Å². The number of phenolic OH excluding ortho intramolecular Hbond substituents is 1. The van der Waals surface area contributed by atoms with Gasteiger partial charge >= 0.3 is 17.9 Å². The van der Waals surface area contributed by atoms with Gasteiger partial charge in [0.2, 0.25) is 0 Å². The Morgan fingerprint density at radius 2 is 1.36 bits per heavy atom. The maximum Gasteiger partial charge on any atom is 0.338 e. The molecule has 0 heterocycles. The highest BCUT2D eigenvalue weighted by atomic mass is 16.5. The van der Waals surface area contributed by atoms with Crippen LogP contribution in [0, 0.1) is 0 Å². The summed E-state index contributed by atoms with van der Waals surface area (Å²) in [4.78, 5) is 47.4. The number of aromatic hydroxyl groups is 1. The maximum atomic E-state index is 12.0. The Bertz CT molecular complexity index is 870. The monoisotopic (exact) mass is 387 g/mol. The molecular formula is C19H17NO8. The molecule has 2 aromatic rings. The number of hydrogen-bond acceptors (Lipinski definition) is 8. The number of rotatable bonds is 6. The normalized spacial score (nSPS) is 9.93. The van der Waals surface area contributed by atoms with Crippen molar-refractivity contribution in [2.24, 2.45) is 0 Å². The number of hydrogen-bond donors (Lipinski definition) is 2. The van der Waals surface area contributed by atoms with Gasteiger partial charge in [-0.1, -0.05) is 0 Å². The fraction of sp³-hybridized carbons (Fsp3) is 0.158. The molecule has 0 spiro atoms. The summed E-state index contributed by atoms with van der Waals surface area (Å²) >= 11 is 0. The van der Waals surface area contributed by atoms with Gasteiger partial charge < -0.3 is 24.6 Å². The van der Waals surface area contributed by atoms with Crippen LogP contribution in [0.25, 0.3) is 0 Å². The lowest BCUT2D eigenvalue weighted by Crippen LogP contribution is -2.21. The number of carbonyl (C=O) groups excluding carboxylic acids is 4. The fourth-order valence-electron chi connectivity index (χ4n) is 2.18. The Morgan fingerprint density at radius 3 is 1.86 bits per heavy atom. The Hall–Kier alpha value is -3.88. The molecule has 2 aromatic carbocycles. The summed E-state index contributed by atoms with van der Waals surface area (Å²) in [5.74, 6) is -2.88. The number of nitrogens with one attached hydrogen (secondary N) is 1. The van der Waals surface area contributed by atoms with Crippen molar-refractivity contribution in [2.45, 2.75) is 0 Å². The number of carbonyl (C=O) groups is 4. The number of ether oxygens (including phenoxy) is 3. The lowest BCUT2D eigenvalue weighted by atomic mass is 10.1. The van der Waals surface area contributed by atoms with E-state index in [0.29, 0.717) is 0 Å². The first kappa shape index (κ1) is 20.4. The lowest BCUT2D eigenvalue weighted by molar-refractivity contribution is -0.119. The molecule has 1 amide bonds. The summed E-state index contributed by atoms with van der Waals surface area (Å²) in [7, 11) is 2.35. The van der Waals surface area contributed by atoms with Crippen molar-refractivity contribution in [3.8, 4) is 5.75 Å². The Kier molecular flexibility index (Phi) is 6.69. The van der Waals surface area contributed by atoms with Crippen molar-refractivity contribution in [3.05, 3.63) is 59.2 Å². The number of anilines is 1. The summed E-state index contributed by atoms with van der Waals surface area (Å²) in [5.41, 5.74) is 0.337. The second-order valence-corrected chi connectivity index (χ2v) is 5.45. The average molecular weight is 387 g/mol. The topological polar surface area (TPSA) is 128 Å². The Morgan fingerprint density at radius 1 is 0.821 bits per heavy atom. The minimum Gasteiger partial charge on any atom is -0.508 e. The molecule has 9 heteroatoms. The standard InChI is InChI=1S/C19H17NO8/c1-26-17(23)12-7-13(18(24)27-2)9-14(8-12)20-16(22)10-28-19(25)11-3-5-15(21)6-4-11/h3-9,21H,10H2,1-2H3,(H,20,22). The van der Waals surface area contributed by atoms with E-state index in [2.05, 4.69) is 14.8 Å². The number of methoxy groups -OCH3 is 2. The molecule has 146 valence electrons.